The molecule has 0 amide bonds. The van der Waals surface area contributed by atoms with Crippen molar-refractivity contribution < 1.29 is 0 Å². The Morgan fingerprint density at radius 2 is 1.68 bits per heavy atom. The van der Waals surface area contributed by atoms with Gasteiger partial charge in [-0.2, -0.15) is 0 Å². The molecule has 2 rings (SSSR count). The van der Waals surface area contributed by atoms with Gasteiger partial charge in [0.25, 0.3) is 0 Å². The molecule has 0 aromatic heterocycles. The van der Waals surface area contributed by atoms with Gasteiger partial charge in [-0.1, -0.05) is 30.5 Å². The van der Waals surface area contributed by atoms with Gasteiger partial charge in [0.15, 0.2) is 0 Å². The summed E-state index contributed by atoms with van der Waals surface area (Å²) in [5.74, 6) is 0.913. The molecule has 0 radical (unpaired) electrons. The number of rotatable bonds is 5. The fourth-order valence-electron chi connectivity index (χ4n) is 3.88. The van der Waals surface area contributed by atoms with Crippen molar-refractivity contribution in [1.29, 1.82) is 0 Å². The smallest absolute Gasteiger partial charge is 0.00954 e. The Balaban J connectivity index is 2.01. The van der Waals surface area contributed by atoms with Crippen molar-refractivity contribution in [3.8, 4) is 0 Å². The van der Waals surface area contributed by atoms with Gasteiger partial charge >= 0.3 is 0 Å². The van der Waals surface area contributed by atoms with Crippen LogP contribution in [0.1, 0.15) is 54.4 Å². The van der Waals surface area contributed by atoms with E-state index in [1.54, 1.807) is 5.56 Å². The van der Waals surface area contributed by atoms with Gasteiger partial charge in [-0.05, 0) is 76.1 Å². The Morgan fingerprint density at radius 3 is 2.21 bits per heavy atom. The van der Waals surface area contributed by atoms with E-state index < -0.39 is 0 Å². The van der Waals surface area contributed by atoms with Gasteiger partial charge in [0, 0.05) is 6.04 Å². The monoisotopic (exact) mass is 259 g/mol. The standard InChI is InChI=1S/C18H29N/c1-13-11-14(2)17(15(3)12-13)9-10-18(19-4)16-7-5-6-8-16/h11-12,16,18-19H,5-10H2,1-4H3. The molecule has 1 aliphatic rings. The SMILES string of the molecule is CNC(CCc1c(C)cc(C)cc1C)C1CCCC1. The first-order chi connectivity index (χ1) is 9.11. The molecule has 106 valence electrons. The number of hydrogen-bond acceptors (Lipinski definition) is 1. The molecule has 1 N–H and O–H groups in total. The predicted molar refractivity (Wildman–Crippen MR) is 83.8 cm³/mol. The second-order valence-electron chi connectivity index (χ2n) is 6.36. The van der Waals surface area contributed by atoms with E-state index in [-0.39, 0.29) is 0 Å². The van der Waals surface area contributed by atoms with Crippen molar-refractivity contribution in [3.63, 3.8) is 0 Å². The van der Waals surface area contributed by atoms with Crippen molar-refractivity contribution >= 4 is 0 Å². The largest absolute Gasteiger partial charge is 0.317 e. The van der Waals surface area contributed by atoms with Crippen LogP contribution in [0, 0.1) is 26.7 Å². The molecular weight excluding hydrogens is 230 g/mol. The molecule has 0 heterocycles. The van der Waals surface area contributed by atoms with E-state index in [9.17, 15) is 0 Å². The van der Waals surface area contributed by atoms with E-state index in [0.29, 0.717) is 6.04 Å². The van der Waals surface area contributed by atoms with E-state index >= 15 is 0 Å². The molecule has 1 heteroatoms. The van der Waals surface area contributed by atoms with Crippen LogP contribution in [-0.4, -0.2) is 13.1 Å². The quantitative estimate of drug-likeness (QED) is 0.830. The Kier molecular flexibility index (Phi) is 5.04. The van der Waals surface area contributed by atoms with Crippen molar-refractivity contribution in [2.75, 3.05) is 7.05 Å². The lowest BCUT2D eigenvalue weighted by Gasteiger charge is -2.23. The zero-order valence-corrected chi connectivity index (χ0v) is 13.1. The van der Waals surface area contributed by atoms with Crippen molar-refractivity contribution in [2.45, 2.75) is 65.3 Å². The lowest BCUT2D eigenvalue weighted by atomic mass is 9.89. The summed E-state index contributed by atoms with van der Waals surface area (Å²) in [5, 5.41) is 3.56. The van der Waals surface area contributed by atoms with Crippen LogP contribution in [0.25, 0.3) is 0 Å². The van der Waals surface area contributed by atoms with Crippen LogP contribution < -0.4 is 5.32 Å². The molecule has 1 nitrogen and oxygen atoms in total. The summed E-state index contributed by atoms with van der Waals surface area (Å²) in [4.78, 5) is 0. The second-order valence-corrected chi connectivity index (χ2v) is 6.36. The summed E-state index contributed by atoms with van der Waals surface area (Å²) in [7, 11) is 2.14. The molecule has 1 unspecified atom stereocenters. The van der Waals surface area contributed by atoms with E-state index in [1.807, 2.05) is 0 Å². The van der Waals surface area contributed by atoms with Crippen LogP contribution in [0.2, 0.25) is 0 Å². The highest BCUT2D eigenvalue weighted by atomic mass is 14.9. The van der Waals surface area contributed by atoms with E-state index in [2.05, 4.69) is 45.3 Å². The number of hydrogen-bond donors (Lipinski definition) is 1. The maximum Gasteiger partial charge on any atom is 0.00954 e. The maximum atomic E-state index is 3.56. The van der Waals surface area contributed by atoms with E-state index in [0.717, 1.165) is 5.92 Å². The first-order valence-electron chi connectivity index (χ1n) is 7.86. The minimum absolute atomic E-state index is 0.711. The van der Waals surface area contributed by atoms with Crippen LogP contribution in [-0.2, 0) is 6.42 Å². The molecule has 1 atom stereocenters. The van der Waals surface area contributed by atoms with Gasteiger partial charge in [0.2, 0.25) is 0 Å². The second kappa shape index (κ2) is 6.56. The average molecular weight is 259 g/mol. The molecule has 19 heavy (non-hydrogen) atoms. The lowest BCUT2D eigenvalue weighted by Crippen LogP contribution is -2.32. The number of aryl methyl sites for hydroxylation is 3. The van der Waals surface area contributed by atoms with Crippen LogP contribution in [0.15, 0.2) is 12.1 Å². The molecule has 0 aliphatic heterocycles. The van der Waals surface area contributed by atoms with Gasteiger partial charge in [0.1, 0.15) is 0 Å². The molecular formula is C18H29N. The normalized spacial score (nSPS) is 17.9. The van der Waals surface area contributed by atoms with Crippen LogP contribution >= 0.6 is 0 Å². The molecule has 1 aromatic carbocycles. The van der Waals surface area contributed by atoms with Gasteiger partial charge < -0.3 is 5.32 Å². The van der Waals surface area contributed by atoms with E-state index in [1.165, 1.54) is 55.2 Å². The third kappa shape index (κ3) is 3.60. The van der Waals surface area contributed by atoms with Gasteiger partial charge in [-0.15, -0.1) is 0 Å². The summed E-state index contributed by atoms with van der Waals surface area (Å²) >= 11 is 0. The van der Waals surface area contributed by atoms with E-state index in [4.69, 9.17) is 0 Å². The van der Waals surface area contributed by atoms with Gasteiger partial charge in [0.05, 0.1) is 0 Å². The molecule has 1 fully saturated rings. The Labute approximate surface area is 118 Å². The lowest BCUT2D eigenvalue weighted by molar-refractivity contribution is 0.359. The van der Waals surface area contributed by atoms with Crippen LogP contribution in [0.3, 0.4) is 0 Å². The molecule has 0 spiro atoms. The Morgan fingerprint density at radius 1 is 1.11 bits per heavy atom. The fraction of sp³-hybridized carbons (Fsp3) is 0.667. The average Bonchev–Trinajstić information content (AvgIpc) is 2.86. The molecule has 1 aliphatic carbocycles. The molecule has 1 aromatic rings. The molecule has 1 saturated carbocycles. The zero-order chi connectivity index (χ0) is 13.8. The minimum atomic E-state index is 0.711. The van der Waals surface area contributed by atoms with Gasteiger partial charge in [-0.25, -0.2) is 0 Å². The molecule has 0 bridgehead atoms. The topological polar surface area (TPSA) is 12.0 Å². The highest BCUT2D eigenvalue weighted by Crippen LogP contribution is 2.30. The van der Waals surface area contributed by atoms with Crippen molar-refractivity contribution in [1.82, 2.24) is 5.32 Å². The van der Waals surface area contributed by atoms with Crippen molar-refractivity contribution in [2.24, 2.45) is 5.92 Å². The zero-order valence-electron chi connectivity index (χ0n) is 13.1. The molecule has 0 saturated heterocycles. The first kappa shape index (κ1) is 14.6. The maximum absolute atomic E-state index is 3.56. The number of benzene rings is 1. The first-order valence-corrected chi connectivity index (χ1v) is 7.86. The van der Waals surface area contributed by atoms with Crippen LogP contribution in [0.5, 0.6) is 0 Å². The highest BCUT2D eigenvalue weighted by molar-refractivity contribution is 5.37. The predicted octanol–water partition coefficient (Wildman–Crippen LogP) is 4.32. The van der Waals surface area contributed by atoms with Crippen molar-refractivity contribution in [3.05, 3.63) is 34.4 Å². The summed E-state index contributed by atoms with van der Waals surface area (Å²) in [6.45, 7) is 6.72. The third-order valence-corrected chi connectivity index (χ3v) is 4.89. The summed E-state index contributed by atoms with van der Waals surface area (Å²) < 4.78 is 0. The summed E-state index contributed by atoms with van der Waals surface area (Å²) in [5.41, 5.74) is 5.90. The summed E-state index contributed by atoms with van der Waals surface area (Å²) in [6.07, 6.45) is 8.23. The minimum Gasteiger partial charge on any atom is -0.317 e. The van der Waals surface area contributed by atoms with Crippen LogP contribution in [0.4, 0.5) is 0 Å². The Bertz CT molecular complexity index is 393. The highest BCUT2D eigenvalue weighted by Gasteiger charge is 2.23. The van der Waals surface area contributed by atoms with Gasteiger partial charge in [-0.3, -0.25) is 0 Å². The number of nitrogens with one attached hydrogen (secondary N) is 1. The Hall–Kier alpha value is -0.820. The fourth-order valence-corrected chi connectivity index (χ4v) is 3.88. The third-order valence-electron chi connectivity index (χ3n) is 4.89. The summed E-state index contributed by atoms with van der Waals surface area (Å²) in [6, 6.07) is 5.36.